The van der Waals surface area contributed by atoms with Gasteiger partial charge < -0.3 is 14.8 Å². The first-order valence-corrected chi connectivity index (χ1v) is 7.93. The Morgan fingerprint density at radius 2 is 1.62 bits per heavy atom. The average molecular weight is 368 g/mol. The van der Waals surface area contributed by atoms with E-state index in [0.717, 1.165) is 11.3 Å². The Balaban J connectivity index is 1.94. The van der Waals surface area contributed by atoms with Gasteiger partial charge in [0.1, 0.15) is 5.75 Å². The van der Waals surface area contributed by atoms with Gasteiger partial charge >= 0.3 is 12.5 Å². The van der Waals surface area contributed by atoms with Crippen LogP contribution < -0.4 is 15.4 Å². The number of hydrogen-bond donors (Lipinski definition) is 2. The van der Waals surface area contributed by atoms with Crippen molar-refractivity contribution in [3.63, 3.8) is 0 Å². The lowest BCUT2D eigenvalue weighted by Gasteiger charge is -2.17. The maximum atomic E-state index is 12.2. The predicted molar refractivity (Wildman–Crippen MR) is 92.2 cm³/mol. The van der Waals surface area contributed by atoms with Gasteiger partial charge in [-0.15, -0.1) is 13.2 Å². The number of alkyl halides is 3. The van der Waals surface area contributed by atoms with E-state index in [1.54, 1.807) is 43.3 Å². The summed E-state index contributed by atoms with van der Waals surface area (Å²) in [6.45, 7) is 3.88. The van der Waals surface area contributed by atoms with Crippen LogP contribution in [0.5, 0.6) is 5.75 Å². The van der Waals surface area contributed by atoms with Crippen LogP contribution in [-0.4, -0.2) is 19.1 Å². The van der Waals surface area contributed by atoms with E-state index in [4.69, 9.17) is 4.74 Å². The summed E-state index contributed by atoms with van der Waals surface area (Å²) < 4.78 is 45.2. The molecule has 0 heterocycles. The molecule has 2 N–H and O–H groups in total. The third kappa shape index (κ3) is 6.19. The van der Waals surface area contributed by atoms with Crippen molar-refractivity contribution in [2.24, 2.45) is 0 Å². The summed E-state index contributed by atoms with van der Waals surface area (Å²) in [5.41, 5.74) is 2.19. The summed E-state index contributed by atoms with van der Waals surface area (Å²) in [6, 6.07) is 12.5. The molecule has 0 aliphatic rings. The lowest BCUT2D eigenvalue weighted by Crippen LogP contribution is -2.17. The third-order valence-electron chi connectivity index (χ3n) is 3.40. The highest BCUT2D eigenvalue weighted by atomic mass is 19.4. The SMILES string of the molecule is CCOC(=O)Nc1ccc(N[C@H](C)c2ccc(OC(F)(F)F)cc2)cc1. The molecule has 0 radical (unpaired) electrons. The van der Waals surface area contributed by atoms with E-state index in [1.807, 2.05) is 6.92 Å². The van der Waals surface area contributed by atoms with Gasteiger partial charge in [0.25, 0.3) is 0 Å². The Morgan fingerprint density at radius 1 is 1.04 bits per heavy atom. The van der Waals surface area contributed by atoms with Gasteiger partial charge in [0.2, 0.25) is 0 Å². The molecule has 0 aliphatic carbocycles. The van der Waals surface area contributed by atoms with Crippen LogP contribution in [0.1, 0.15) is 25.5 Å². The van der Waals surface area contributed by atoms with Crippen LogP contribution in [-0.2, 0) is 4.74 Å². The monoisotopic (exact) mass is 368 g/mol. The molecule has 2 aromatic rings. The first-order chi connectivity index (χ1) is 12.3. The minimum atomic E-state index is -4.70. The van der Waals surface area contributed by atoms with Crippen molar-refractivity contribution in [2.45, 2.75) is 26.3 Å². The smallest absolute Gasteiger partial charge is 0.450 e. The second kappa shape index (κ2) is 8.46. The number of rotatable bonds is 6. The molecule has 0 saturated carbocycles. The molecular weight excluding hydrogens is 349 g/mol. The molecule has 26 heavy (non-hydrogen) atoms. The number of halogens is 3. The number of carbonyl (C=O) groups is 1. The van der Waals surface area contributed by atoms with E-state index in [1.165, 1.54) is 12.1 Å². The number of ether oxygens (including phenoxy) is 2. The largest absolute Gasteiger partial charge is 0.573 e. The normalized spacial score (nSPS) is 12.2. The summed E-state index contributed by atoms with van der Waals surface area (Å²) in [7, 11) is 0. The summed E-state index contributed by atoms with van der Waals surface area (Å²) in [6.07, 6.45) is -5.23. The zero-order valence-electron chi connectivity index (χ0n) is 14.3. The quantitative estimate of drug-likeness (QED) is 0.724. The van der Waals surface area contributed by atoms with Gasteiger partial charge in [-0.05, 0) is 55.8 Å². The molecule has 140 valence electrons. The van der Waals surface area contributed by atoms with E-state index in [0.29, 0.717) is 5.69 Å². The molecule has 2 aromatic carbocycles. The number of carbonyl (C=O) groups excluding carboxylic acids is 1. The number of amides is 1. The summed E-state index contributed by atoms with van der Waals surface area (Å²) in [5.74, 6) is -0.261. The first-order valence-electron chi connectivity index (χ1n) is 7.93. The van der Waals surface area contributed by atoms with E-state index < -0.39 is 12.5 Å². The van der Waals surface area contributed by atoms with Crippen molar-refractivity contribution >= 4 is 17.5 Å². The fraction of sp³-hybridized carbons (Fsp3) is 0.278. The molecule has 5 nitrogen and oxygen atoms in total. The molecule has 0 aliphatic heterocycles. The second-order valence-electron chi connectivity index (χ2n) is 5.41. The van der Waals surface area contributed by atoms with E-state index in [-0.39, 0.29) is 18.4 Å². The number of anilines is 2. The van der Waals surface area contributed by atoms with Gasteiger partial charge in [-0.2, -0.15) is 0 Å². The molecular formula is C18H19F3N2O3. The zero-order valence-corrected chi connectivity index (χ0v) is 14.3. The Hall–Kier alpha value is -2.90. The van der Waals surface area contributed by atoms with Crippen molar-refractivity contribution < 1.29 is 27.4 Å². The standard InChI is InChI=1S/C18H19F3N2O3/c1-3-25-17(24)23-15-8-6-14(7-9-15)22-12(2)13-4-10-16(11-5-13)26-18(19,20)21/h4-12,22H,3H2,1-2H3,(H,23,24)/t12-/m1/s1. The third-order valence-corrected chi connectivity index (χ3v) is 3.40. The van der Waals surface area contributed by atoms with Crippen molar-refractivity contribution in [3.05, 3.63) is 54.1 Å². The Kier molecular flexibility index (Phi) is 6.32. The minimum absolute atomic E-state index is 0.140. The van der Waals surface area contributed by atoms with Gasteiger partial charge in [0, 0.05) is 17.4 Å². The van der Waals surface area contributed by atoms with Crippen LogP contribution in [0, 0.1) is 0 Å². The van der Waals surface area contributed by atoms with Crippen LogP contribution in [0.25, 0.3) is 0 Å². The predicted octanol–water partition coefficient (Wildman–Crippen LogP) is 5.33. The topological polar surface area (TPSA) is 59.6 Å². The Labute approximate surface area is 149 Å². The molecule has 2 rings (SSSR count). The highest BCUT2D eigenvalue weighted by Crippen LogP contribution is 2.26. The van der Waals surface area contributed by atoms with E-state index >= 15 is 0 Å². The van der Waals surface area contributed by atoms with Gasteiger partial charge in [0.15, 0.2) is 0 Å². The number of hydrogen-bond acceptors (Lipinski definition) is 4. The molecule has 1 atom stereocenters. The average Bonchev–Trinajstić information content (AvgIpc) is 2.56. The molecule has 0 fully saturated rings. The van der Waals surface area contributed by atoms with Crippen LogP contribution in [0.2, 0.25) is 0 Å². The first kappa shape index (κ1) is 19.4. The minimum Gasteiger partial charge on any atom is -0.450 e. The van der Waals surface area contributed by atoms with Crippen molar-refractivity contribution in [2.75, 3.05) is 17.2 Å². The number of nitrogens with one attached hydrogen (secondary N) is 2. The van der Waals surface area contributed by atoms with E-state index in [2.05, 4.69) is 15.4 Å². The summed E-state index contributed by atoms with van der Waals surface area (Å²) in [5, 5.41) is 5.81. The van der Waals surface area contributed by atoms with Crippen LogP contribution >= 0.6 is 0 Å². The molecule has 0 spiro atoms. The molecule has 0 bridgehead atoms. The second-order valence-corrected chi connectivity index (χ2v) is 5.41. The lowest BCUT2D eigenvalue weighted by atomic mass is 10.1. The zero-order chi connectivity index (χ0) is 19.2. The van der Waals surface area contributed by atoms with Gasteiger partial charge in [-0.3, -0.25) is 5.32 Å². The summed E-state index contributed by atoms with van der Waals surface area (Å²) in [4.78, 5) is 11.3. The lowest BCUT2D eigenvalue weighted by molar-refractivity contribution is -0.274. The highest BCUT2D eigenvalue weighted by Gasteiger charge is 2.31. The Morgan fingerprint density at radius 3 is 2.15 bits per heavy atom. The van der Waals surface area contributed by atoms with E-state index in [9.17, 15) is 18.0 Å². The highest BCUT2D eigenvalue weighted by molar-refractivity contribution is 5.84. The van der Waals surface area contributed by atoms with Gasteiger partial charge in [0.05, 0.1) is 6.61 Å². The molecule has 0 saturated heterocycles. The van der Waals surface area contributed by atoms with Crippen molar-refractivity contribution in [1.82, 2.24) is 0 Å². The number of benzene rings is 2. The van der Waals surface area contributed by atoms with Gasteiger partial charge in [-0.1, -0.05) is 12.1 Å². The molecule has 8 heteroatoms. The maximum Gasteiger partial charge on any atom is 0.573 e. The van der Waals surface area contributed by atoms with Crippen LogP contribution in [0.3, 0.4) is 0 Å². The maximum absolute atomic E-state index is 12.2. The molecule has 0 aromatic heterocycles. The Bertz CT molecular complexity index is 716. The van der Waals surface area contributed by atoms with Crippen LogP contribution in [0.4, 0.5) is 29.3 Å². The van der Waals surface area contributed by atoms with Crippen molar-refractivity contribution in [3.8, 4) is 5.75 Å². The fourth-order valence-electron chi connectivity index (χ4n) is 2.23. The molecule has 0 unspecified atom stereocenters. The summed E-state index contributed by atoms with van der Waals surface area (Å²) >= 11 is 0. The van der Waals surface area contributed by atoms with Gasteiger partial charge in [-0.25, -0.2) is 4.79 Å². The van der Waals surface area contributed by atoms with Crippen LogP contribution in [0.15, 0.2) is 48.5 Å². The van der Waals surface area contributed by atoms with Crippen molar-refractivity contribution in [1.29, 1.82) is 0 Å². The fourth-order valence-corrected chi connectivity index (χ4v) is 2.23. The molecule has 1 amide bonds.